The third-order valence-corrected chi connectivity index (χ3v) is 10.3. The van der Waals surface area contributed by atoms with Crippen LogP contribution in [0.3, 0.4) is 0 Å². The maximum absolute atomic E-state index is 11.3. The first-order chi connectivity index (χ1) is 13.2. The van der Waals surface area contributed by atoms with Crippen molar-refractivity contribution in [3.63, 3.8) is 0 Å². The Labute approximate surface area is 170 Å². The van der Waals surface area contributed by atoms with Crippen molar-refractivity contribution in [1.82, 2.24) is 0 Å². The van der Waals surface area contributed by atoms with Gasteiger partial charge >= 0.3 is 0 Å². The lowest BCUT2D eigenvalue weighted by Gasteiger charge is -2.62. The SMILES string of the molecule is C[C@@H](CCC(N)=O)[C@H]1CC[C@H]2[C@@H]3[C@H](O)C[C@@H]4C[C@H](O)CC[C@]4(C)[C@H]3CC[C@]12C. The molecule has 0 aromatic heterocycles. The summed E-state index contributed by atoms with van der Waals surface area (Å²) in [5.74, 6) is 3.08. The topological polar surface area (TPSA) is 83.6 Å². The normalized spacial score (nSPS) is 51.7. The standard InChI is InChI=1S/C24H41NO3/c1-14(4-7-21(25)28)17-5-6-18-22-19(9-11-24(17,18)3)23(2)10-8-16(26)12-15(23)13-20(22)27/h14-20,22,26-27H,4-13H2,1-3H3,(H2,25,28)/t14-,15-,16+,17+,18-,19-,20+,22-,23-,24+/m0/s1. The van der Waals surface area contributed by atoms with E-state index in [-0.39, 0.29) is 23.5 Å². The Kier molecular flexibility index (Phi) is 5.36. The third kappa shape index (κ3) is 3.14. The summed E-state index contributed by atoms with van der Waals surface area (Å²) in [6, 6.07) is 0. The van der Waals surface area contributed by atoms with Crippen LogP contribution in [0, 0.1) is 46.3 Å². The fourth-order valence-corrected chi connectivity index (χ4v) is 8.75. The molecule has 4 saturated carbocycles. The van der Waals surface area contributed by atoms with Gasteiger partial charge in [-0.3, -0.25) is 4.79 Å². The Bertz CT molecular complexity index is 609. The van der Waals surface area contributed by atoms with Crippen LogP contribution in [-0.2, 0) is 4.79 Å². The van der Waals surface area contributed by atoms with Gasteiger partial charge in [-0.2, -0.15) is 0 Å². The molecule has 4 aliphatic carbocycles. The molecule has 4 N–H and O–H groups in total. The lowest BCUT2D eigenvalue weighted by molar-refractivity contribution is -0.174. The van der Waals surface area contributed by atoms with Crippen LogP contribution in [0.1, 0.15) is 85.0 Å². The van der Waals surface area contributed by atoms with Gasteiger partial charge in [-0.15, -0.1) is 0 Å². The van der Waals surface area contributed by atoms with Gasteiger partial charge in [-0.25, -0.2) is 0 Å². The van der Waals surface area contributed by atoms with Crippen LogP contribution in [0.25, 0.3) is 0 Å². The number of fused-ring (bicyclic) bond motifs is 5. The van der Waals surface area contributed by atoms with E-state index in [4.69, 9.17) is 5.73 Å². The van der Waals surface area contributed by atoms with Gasteiger partial charge in [0.25, 0.3) is 0 Å². The van der Waals surface area contributed by atoms with E-state index in [0.29, 0.717) is 47.3 Å². The van der Waals surface area contributed by atoms with Crippen LogP contribution in [0.4, 0.5) is 0 Å². The molecule has 4 fully saturated rings. The molecule has 4 heteroatoms. The van der Waals surface area contributed by atoms with Crippen molar-refractivity contribution in [3.8, 4) is 0 Å². The van der Waals surface area contributed by atoms with Gasteiger partial charge in [0.1, 0.15) is 0 Å². The zero-order valence-electron chi connectivity index (χ0n) is 18.1. The third-order valence-electron chi connectivity index (χ3n) is 10.3. The molecule has 0 unspecified atom stereocenters. The predicted molar refractivity (Wildman–Crippen MR) is 110 cm³/mol. The number of carbonyl (C=O) groups excluding carboxylic acids is 1. The number of aliphatic hydroxyl groups excluding tert-OH is 2. The summed E-state index contributed by atoms with van der Waals surface area (Å²) >= 11 is 0. The Balaban J connectivity index is 1.55. The summed E-state index contributed by atoms with van der Waals surface area (Å²) < 4.78 is 0. The number of hydrogen-bond acceptors (Lipinski definition) is 3. The Morgan fingerprint density at radius 1 is 1.04 bits per heavy atom. The fourth-order valence-electron chi connectivity index (χ4n) is 8.75. The van der Waals surface area contributed by atoms with Crippen molar-refractivity contribution >= 4 is 5.91 Å². The highest BCUT2D eigenvalue weighted by molar-refractivity contribution is 5.73. The molecule has 10 atom stereocenters. The number of carbonyl (C=O) groups is 1. The predicted octanol–water partition coefficient (Wildman–Crippen LogP) is 3.88. The highest BCUT2D eigenvalue weighted by atomic mass is 16.3. The van der Waals surface area contributed by atoms with Crippen molar-refractivity contribution in [2.45, 2.75) is 97.2 Å². The number of amides is 1. The molecule has 0 spiro atoms. The molecule has 28 heavy (non-hydrogen) atoms. The van der Waals surface area contributed by atoms with Crippen molar-refractivity contribution in [2.24, 2.45) is 52.1 Å². The molecule has 0 radical (unpaired) electrons. The molecular weight excluding hydrogens is 350 g/mol. The van der Waals surface area contributed by atoms with E-state index in [9.17, 15) is 15.0 Å². The second-order valence-electron chi connectivity index (χ2n) is 11.4. The number of aliphatic hydroxyl groups is 2. The summed E-state index contributed by atoms with van der Waals surface area (Å²) in [7, 11) is 0. The zero-order chi connectivity index (χ0) is 20.3. The van der Waals surface area contributed by atoms with Gasteiger partial charge in [-0.1, -0.05) is 20.8 Å². The summed E-state index contributed by atoms with van der Waals surface area (Å²) in [4.78, 5) is 11.3. The van der Waals surface area contributed by atoms with E-state index in [0.717, 1.165) is 32.1 Å². The van der Waals surface area contributed by atoms with Crippen LogP contribution < -0.4 is 5.73 Å². The molecule has 0 aromatic carbocycles. The average molecular weight is 392 g/mol. The lowest BCUT2D eigenvalue weighted by Crippen LogP contribution is -2.58. The van der Waals surface area contributed by atoms with Crippen LogP contribution in [-0.4, -0.2) is 28.3 Å². The molecule has 0 bridgehead atoms. The minimum Gasteiger partial charge on any atom is -0.393 e. The smallest absolute Gasteiger partial charge is 0.217 e. The molecule has 0 saturated heterocycles. The number of primary amides is 1. The minimum absolute atomic E-state index is 0.169. The second-order valence-corrected chi connectivity index (χ2v) is 11.4. The summed E-state index contributed by atoms with van der Waals surface area (Å²) in [5.41, 5.74) is 5.99. The first-order valence-electron chi connectivity index (χ1n) is 11.8. The summed E-state index contributed by atoms with van der Waals surface area (Å²) in [6.07, 6.45) is 9.75. The van der Waals surface area contributed by atoms with Gasteiger partial charge in [0.2, 0.25) is 5.91 Å². The molecule has 4 nitrogen and oxygen atoms in total. The van der Waals surface area contributed by atoms with Crippen LogP contribution in [0.5, 0.6) is 0 Å². The van der Waals surface area contributed by atoms with Crippen molar-refractivity contribution in [2.75, 3.05) is 0 Å². The molecule has 0 aliphatic heterocycles. The Hall–Kier alpha value is -0.610. The van der Waals surface area contributed by atoms with Crippen molar-refractivity contribution in [3.05, 3.63) is 0 Å². The molecule has 0 heterocycles. The Morgan fingerprint density at radius 3 is 2.43 bits per heavy atom. The average Bonchev–Trinajstić information content (AvgIpc) is 2.98. The van der Waals surface area contributed by atoms with Crippen LogP contribution in [0.15, 0.2) is 0 Å². The van der Waals surface area contributed by atoms with E-state index < -0.39 is 0 Å². The lowest BCUT2D eigenvalue weighted by atomic mass is 9.43. The Morgan fingerprint density at radius 2 is 1.71 bits per heavy atom. The molecular formula is C24H41NO3. The monoisotopic (exact) mass is 391 g/mol. The zero-order valence-corrected chi connectivity index (χ0v) is 18.1. The molecule has 4 aliphatic rings. The number of hydrogen-bond donors (Lipinski definition) is 3. The summed E-state index contributed by atoms with van der Waals surface area (Å²) in [5, 5.41) is 21.5. The highest BCUT2D eigenvalue weighted by Crippen LogP contribution is 2.68. The largest absolute Gasteiger partial charge is 0.393 e. The van der Waals surface area contributed by atoms with E-state index in [1.54, 1.807) is 0 Å². The van der Waals surface area contributed by atoms with Gasteiger partial charge in [0.15, 0.2) is 0 Å². The van der Waals surface area contributed by atoms with Gasteiger partial charge in [0, 0.05) is 6.42 Å². The minimum atomic E-state index is -0.210. The van der Waals surface area contributed by atoms with Gasteiger partial charge in [0.05, 0.1) is 12.2 Å². The van der Waals surface area contributed by atoms with E-state index >= 15 is 0 Å². The van der Waals surface area contributed by atoms with E-state index in [1.165, 1.54) is 25.7 Å². The molecule has 1 amide bonds. The molecule has 160 valence electrons. The fraction of sp³-hybridized carbons (Fsp3) is 0.958. The first kappa shape index (κ1) is 20.7. The van der Waals surface area contributed by atoms with E-state index in [1.807, 2.05) is 0 Å². The quantitative estimate of drug-likeness (QED) is 0.680. The number of rotatable bonds is 4. The van der Waals surface area contributed by atoms with Crippen LogP contribution >= 0.6 is 0 Å². The van der Waals surface area contributed by atoms with Gasteiger partial charge in [-0.05, 0) is 104 Å². The number of nitrogens with two attached hydrogens (primary N) is 1. The van der Waals surface area contributed by atoms with Crippen molar-refractivity contribution in [1.29, 1.82) is 0 Å². The summed E-state index contributed by atoms with van der Waals surface area (Å²) in [6.45, 7) is 7.26. The van der Waals surface area contributed by atoms with Gasteiger partial charge < -0.3 is 15.9 Å². The maximum Gasteiger partial charge on any atom is 0.217 e. The molecule has 0 aromatic rings. The first-order valence-corrected chi connectivity index (χ1v) is 11.8. The van der Waals surface area contributed by atoms with Crippen LogP contribution in [0.2, 0.25) is 0 Å². The van der Waals surface area contributed by atoms with Crippen molar-refractivity contribution < 1.29 is 15.0 Å². The molecule has 4 rings (SSSR count). The highest BCUT2D eigenvalue weighted by Gasteiger charge is 2.62. The second kappa shape index (κ2) is 7.27. The van der Waals surface area contributed by atoms with E-state index in [2.05, 4.69) is 20.8 Å². The maximum atomic E-state index is 11.3.